The molecule has 1 rings (SSSR count). The average molecular weight is 237 g/mol. The fourth-order valence-electron chi connectivity index (χ4n) is 2.14. The van der Waals surface area contributed by atoms with Crippen molar-refractivity contribution in [3.63, 3.8) is 0 Å². The summed E-state index contributed by atoms with van der Waals surface area (Å²) in [5.74, 6) is -1.10. The Labute approximate surface area is 96.0 Å². The molecule has 0 spiro atoms. The van der Waals surface area contributed by atoms with Gasteiger partial charge >= 0.3 is 6.18 Å². The molecule has 0 radical (unpaired) electrons. The summed E-state index contributed by atoms with van der Waals surface area (Å²) >= 11 is 0. The van der Waals surface area contributed by atoms with Crippen LogP contribution in [0.25, 0.3) is 0 Å². The van der Waals surface area contributed by atoms with Gasteiger partial charge in [-0.1, -0.05) is 20.8 Å². The Morgan fingerprint density at radius 1 is 1.19 bits per heavy atom. The molecular formula is C12H22F3N. The molecule has 1 heterocycles. The van der Waals surface area contributed by atoms with Crippen LogP contribution in [0.2, 0.25) is 0 Å². The van der Waals surface area contributed by atoms with Crippen LogP contribution < -0.4 is 0 Å². The summed E-state index contributed by atoms with van der Waals surface area (Å²) in [6.07, 6.45) is -1.66. The summed E-state index contributed by atoms with van der Waals surface area (Å²) in [5.41, 5.74) is 0.281. The summed E-state index contributed by atoms with van der Waals surface area (Å²) in [5, 5.41) is 0. The third kappa shape index (κ3) is 4.73. The van der Waals surface area contributed by atoms with Gasteiger partial charge in [-0.05, 0) is 37.8 Å². The van der Waals surface area contributed by atoms with Crippen molar-refractivity contribution in [1.29, 1.82) is 0 Å². The first-order valence-electron chi connectivity index (χ1n) is 5.97. The number of alkyl halides is 3. The fraction of sp³-hybridized carbons (Fsp3) is 1.00. The Kier molecular flexibility index (Phi) is 4.27. The van der Waals surface area contributed by atoms with Gasteiger partial charge in [0, 0.05) is 6.54 Å². The van der Waals surface area contributed by atoms with Crippen molar-refractivity contribution in [2.45, 2.75) is 46.2 Å². The normalized spacial score (nSPS) is 24.0. The minimum atomic E-state index is -4.00. The van der Waals surface area contributed by atoms with Crippen LogP contribution in [0.1, 0.15) is 40.0 Å². The molecule has 0 aliphatic carbocycles. The number of likely N-dealkylation sites (tertiary alicyclic amines) is 1. The molecule has 0 aromatic heterocycles. The maximum absolute atomic E-state index is 12.4. The van der Waals surface area contributed by atoms with Crippen LogP contribution in [0, 0.1) is 11.3 Å². The number of hydrogen-bond donors (Lipinski definition) is 0. The maximum atomic E-state index is 12.4. The Morgan fingerprint density at radius 2 is 1.81 bits per heavy atom. The lowest BCUT2D eigenvalue weighted by Gasteiger charge is -2.21. The molecule has 0 bridgehead atoms. The van der Waals surface area contributed by atoms with Crippen LogP contribution in [0.15, 0.2) is 0 Å². The second-order valence-electron chi connectivity index (χ2n) is 5.99. The largest absolute Gasteiger partial charge is 0.393 e. The van der Waals surface area contributed by atoms with E-state index in [1.165, 1.54) is 0 Å². The third-order valence-corrected chi connectivity index (χ3v) is 3.14. The van der Waals surface area contributed by atoms with Crippen LogP contribution >= 0.6 is 0 Å². The van der Waals surface area contributed by atoms with Crippen LogP contribution in [0.4, 0.5) is 13.2 Å². The molecule has 1 fully saturated rings. The average Bonchev–Trinajstić information content (AvgIpc) is 2.49. The molecule has 1 atom stereocenters. The van der Waals surface area contributed by atoms with Crippen molar-refractivity contribution in [2.75, 3.05) is 19.6 Å². The summed E-state index contributed by atoms with van der Waals surface area (Å²) < 4.78 is 37.3. The molecule has 0 saturated carbocycles. The molecule has 0 amide bonds. The molecule has 16 heavy (non-hydrogen) atoms. The molecule has 1 unspecified atom stereocenters. The highest BCUT2D eigenvalue weighted by atomic mass is 19.4. The van der Waals surface area contributed by atoms with Gasteiger partial charge in [0.05, 0.1) is 5.92 Å². The Balaban J connectivity index is 2.22. The molecule has 1 aliphatic rings. The summed E-state index contributed by atoms with van der Waals surface area (Å²) in [7, 11) is 0. The van der Waals surface area contributed by atoms with Gasteiger partial charge in [0.25, 0.3) is 0 Å². The van der Waals surface area contributed by atoms with Gasteiger partial charge in [-0.2, -0.15) is 13.2 Å². The van der Waals surface area contributed by atoms with E-state index in [0.29, 0.717) is 6.54 Å². The SMILES string of the molecule is CC(C)(C)CCCN1CCC(C(F)(F)F)C1. The summed E-state index contributed by atoms with van der Waals surface area (Å²) in [4.78, 5) is 1.95. The molecule has 4 heteroatoms. The number of halogens is 3. The molecule has 0 N–H and O–H groups in total. The van der Waals surface area contributed by atoms with E-state index >= 15 is 0 Å². The van der Waals surface area contributed by atoms with Gasteiger partial charge in [0.15, 0.2) is 0 Å². The van der Waals surface area contributed by atoms with E-state index in [-0.39, 0.29) is 18.4 Å². The number of rotatable bonds is 3. The molecule has 96 valence electrons. The molecule has 0 aromatic carbocycles. The first-order chi connectivity index (χ1) is 7.18. The molecular weight excluding hydrogens is 215 g/mol. The summed E-state index contributed by atoms with van der Waals surface area (Å²) in [6, 6.07) is 0. The van der Waals surface area contributed by atoms with Crippen molar-refractivity contribution >= 4 is 0 Å². The Morgan fingerprint density at radius 3 is 2.25 bits per heavy atom. The highest BCUT2D eigenvalue weighted by Gasteiger charge is 2.43. The van der Waals surface area contributed by atoms with Gasteiger partial charge in [-0.3, -0.25) is 0 Å². The first kappa shape index (κ1) is 13.8. The minimum Gasteiger partial charge on any atom is -0.303 e. The second kappa shape index (κ2) is 4.94. The van der Waals surface area contributed by atoms with E-state index < -0.39 is 12.1 Å². The van der Waals surface area contributed by atoms with Gasteiger partial charge in [0.2, 0.25) is 0 Å². The zero-order valence-electron chi connectivity index (χ0n) is 10.4. The predicted molar refractivity (Wildman–Crippen MR) is 59.3 cm³/mol. The van der Waals surface area contributed by atoms with Crippen LogP contribution in [-0.4, -0.2) is 30.7 Å². The first-order valence-corrected chi connectivity index (χ1v) is 5.97. The zero-order chi connectivity index (χ0) is 12.4. The van der Waals surface area contributed by atoms with E-state index in [4.69, 9.17) is 0 Å². The molecule has 1 nitrogen and oxygen atoms in total. The highest BCUT2D eigenvalue weighted by Crippen LogP contribution is 2.33. The van der Waals surface area contributed by atoms with Crippen molar-refractivity contribution in [3.05, 3.63) is 0 Å². The maximum Gasteiger partial charge on any atom is 0.393 e. The van der Waals surface area contributed by atoms with Crippen LogP contribution in [0.5, 0.6) is 0 Å². The topological polar surface area (TPSA) is 3.24 Å². The quantitative estimate of drug-likeness (QED) is 0.723. The van der Waals surface area contributed by atoms with Gasteiger partial charge in [-0.25, -0.2) is 0 Å². The number of nitrogens with zero attached hydrogens (tertiary/aromatic N) is 1. The van der Waals surface area contributed by atoms with E-state index in [1.807, 2.05) is 4.90 Å². The highest BCUT2D eigenvalue weighted by molar-refractivity contribution is 4.80. The Hall–Kier alpha value is -0.250. The standard InChI is InChI=1S/C12H22F3N/c1-11(2,3)6-4-7-16-8-5-10(9-16)12(13,14)15/h10H,4-9H2,1-3H3. The monoisotopic (exact) mass is 237 g/mol. The summed E-state index contributed by atoms with van der Waals surface area (Å²) in [6.45, 7) is 8.10. The second-order valence-corrected chi connectivity index (χ2v) is 5.99. The zero-order valence-corrected chi connectivity index (χ0v) is 10.4. The van der Waals surface area contributed by atoms with E-state index in [1.54, 1.807) is 0 Å². The van der Waals surface area contributed by atoms with E-state index in [2.05, 4.69) is 20.8 Å². The van der Waals surface area contributed by atoms with Gasteiger partial charge in [-0.15, -0.1) is 0 Å². The predicted octanol–water partition coefficient (Wildman–Crippen LogP) is 3.70. The van der Waals surface area contributed by atoms with Crippen LogP contribution in [-0.2, 0) is 0 Å². The van der Waals surface area contributed by atoms with Crippen molar-refractivity contribution in [1.82, 2.24) is 4.90 Å². The molecule has 1 aliphatic heterocycles. The third-order valence-electron chi connectivity index (χ3n) is 3.14. The lowest BCUT2D eigenvalue weighted by molar-refractivity contribution is -0.170. The van der Waals surface area contributed by atoms with E-state index in [9.17, 15) is 13.2 Å². The molecule has 1 saturated heterocycles. The van der Waals surface area contributed by atoms with Crippen molar-refractivity contribution in [3.8, 4) is 0 Å². The fourth-order valence-corrected chi connectivity index (χ4v) is 2.14. The molecule has 0 aromatic rings. The van der Waals surface area contributed by atoms with Crippen molar-refractivity contribution in [2.24, 2.45) is 11.3 Å². The lowest BCUT2D eigenvalue weighted by Crippen LogP contribution is -2.28. The Bertz CT molecular complexity index is 217. The van der Waals surface area contributed by atoms with Gasteiger partial charge < -0.3 is 4.90 Å². The van der Waals surface area contributed by atoms with Crippen molar-refractivity contribution < 1.29 is 13.2 Å². The van der Waals surface area contributed by atoms with Gasteiger partial charge in [0.1, 0.15) is 0 Å². The smallest absolute Gasteiger partial charge is 0.303 e. The van der Waals surface area contributed by atoms with E-state index in [0.717, 1.165) is 19.4 Å². The number of hydrogen-bond acceptors (Lipinski definition) is 1. The minimum absolute atomic E-state index is 0.202. The van der Waals surface area contributed by atoms with Crippen LogP contribution in [0.3, 0.4) is 0 Å². The lowest BCUT2D eigenvalue weighted by atomic mass is 9.90.